The highest BCUT2D eigenvalue weighted by Gasteiger charge is 2.22. The summed E-state index contributed by atoms with van der Waals surface area (Å²) >= 11 is 16.0. The van der Waals surface area contributed by atoms with E-state index in [0.29, 0.717) is 39.2 Å². The average molecular weight is 572 g/mol. The second kappa shape index (κ2) is 10.8. The Kier molecular flexibility index (Phi) is 7.75. The van der Waals surface area contributed by atoms with Crippen molar-refractivity contribution in [2.45, 2.75) is 26.7 Å². The summed E-state index contributed by atoms with van der Waals surface area (Å²) in [5.74, 6) is -0.798. The van der Waals surface area contributed by atoms with Crippen LogP contribution in [0.2, 0.25) is 10.0 Å². The molecule has 0 atom stereocenters. The van der Waals surface area contributed by atoms with E-state index in [1.54, 1.807) is 0 Å². The van der Waals surface area contributed by atoms with Gasteiger partial charge in [-0.05, 0) is 49.2 Å². The van der Waals surface area contributed by atoms with Crippen LogP contribution in [0.15, 0.2) is 65.1 Å². The van der Waals surface area contributed by atoms with Crippen molar-refractivity contribution in [1.82, 2.24) is 4.98 Å². The molecule has 178 valence electrons. The zero-order chi connectivity index (χ0) is 25.1. The molecule has 0 aliphatic carbocycles. The number of rotatable bonds is 6. The van der Waals surface area contributed by atoms with Gasteiger partial charge >= 0.3 is 5.97 Å². The topological polar surface area (TPSA) is 68.3 Å². The Morgan fingerprint density at radius 1 is 1.06 bits per heavy atom. The molecule has 0 bridgehead atoms. The minimum atomic E-state index is -0.451. The minimum Gasteiger partial charge on any atom is -0.423 e. The van der Waals surface area contributed by atoms with Crippen LogP contribution in [0, 0.1) is 6.92 Å². The Bertz CT molecular complexity index is 1440. The van der Waals surface area contributed by atoms with Crippen LogP contribution in [0.1, 0.15) is 35.7 Å². The van der Waals surface area contributed by atoms with E-state index in [1.807, 2.05) is 62.4 Å². The van der Waals surface area contributed by atoms with Crippen molar-refractivity contribution in [2.75, 3.05) is 5.32 Å². The highest BCUT2D eigenvalue weighted by Crippen LogP contribution is 2.38. The number of nitrogens with one attached hydrogen (secondary N) is 1. The molecule has 0 aliphatic heterocycles. The van der Waals surface area contributed by atoms with Gasteiger partial charge in [-0.2, -0.15) is 0 Å². The first kappa shape index (κ1) is 25.2. The van der Waals surface area contributed by atoms with Gasteiger partial charge in [0.25, 0.3) is 5.91 Å². The summed E-state index contributed by atoms with van der Waals surface area (Å²) in [5.41, 5.74) is 3.61. The highest BCUT2D eigenvalue weighted by atomic mass is 79.9. The van der Waals surface area contributed by atoms with Crippen LogP contribution < -0.4 is 10.1 Å². The molecule has 0 fully saturated rings. The first-order valence-corrected chi connectivity index (χ1v) is 12.5. The van der Waals surface area contributed by atoms with Crippen molar-refractivity contribution in [3.63, 3.8) is 0 Å². The zero-order valence-corrected chi connectivity index (χ0v) is 22.1. The van der Waals surface area contributed by atoms with E-state index < -0.39 is 11.9 Å². The van der Waals surface area contributed by atoms with Gasteiger partial charge in [0.1, 0.15) is 0 Å². The van der Waals surface area contributed by atoms with Crippen LogP contribution in [-0.2, 0) is 4.79 Å². The molecule has 4 aromatic rings. The Balaban J connectivity index is 1.85. The number of anilines is 1. The van der Waals surface area contributed by atoms with Gasteiger partial charge in [-0.1, -0.05) is 76.4 Å². The van der Waals surface area contributed by atoms with E-state index in [4.69, 9.17) is 32.9 Å². The maximum Gasteiger partial charge on any atom is 0.311 e. The van der Waals surface area contributed by atoms with Crippen molar-refractivity contribution >= 4 is 67.6 Å². The number of nitrogens with zero attached hydrogens (tertiary/aromatic N) is 1. The number of ether oxygens (including phenoxy) is 1. The monoisotopic (exact) mass is 570 g/mol. The number of benzene rings is 3. The molecule has 4 rings (SSSR count). The van der Waals surface area contributed by atoms with Gasteiger partial charge in [0.05, 0.1) is 27.5 Å². The summed E-state index contributed by atoms with van der Waals surface area (Å²) in [4.78, 5) is 30.8. The first-order valence-electron chi connectivity index (χ1n) is 10.9. The van der Waals surface area contributed by atoms with Crippen molar-refractivity contribution < 1.29 is 14.3 Å². The van der Waals surface area contributed by atoms with Crippen molar-refractivity contribution in [2.24, 2.45) is 0 Å². The van der Waals surface area contributed by atoms with Gasteiger partial charge in [-0.25, -0.2) is 4.98 Å². The smallest absolute Gasteiger partial charge is 0.311 e. The summed E-state index contributed by atoms with van der Waals surface area (Å²) in [6.45, 7) is 3.73. The minimum absolute atomic E-state index is 0.0587. The van der Waals surface area contributed by atoms with Crippen LogP contribution in [-0.4, -0.2) is 16.9 Å². The standard InChI is InChI=1S/C27H21BrCl2N2O3/c1-3-7-23(33)35-26-20(30)13-18(29)14-22(26)32-27(34)24-15(2)25(16-8-5-4-6-9-16)31-21-11-10-17(28)12-19(21)24/h4-6,8-14H,3,7H2,1-2H3,(H,32,34). The van der Waals surface area contributed by atoms with E-state index in [2.05, 4.69) is 21.2 Å². The predicted octanol–water partition coefficient (Wildman–Crippen LogP) is 8.24. The van der Waals surface area contributed by atoms with Gasteiger partial charge in [0, 0.05) is 26.9 Å². The molecule has 1 heterocycles. The largest absolute Gasteiger partial charge is 0.423 e. The number of hydrogen-bond acceptors (Lipinski definition) is 4. The van der Waals surface area contributed by atoms with E-state index in [0.717, 1.165) is 10.0 Å². The fourth-order valence-electron chi connectivity index (χ4n) is 3.81. The normalized spacial score (nSPS) is 10.9. The molecule has 0 saturated heterocycles. The number of amides is 1. The molecular formula is C27H21BrCl2N2O3. The summed E-state index contributed by atoms with van der Waals surface area (Å²) in [7, 11) is 0. The Hall–Kier alpha value is -2.93. The first-order chi connectivity index (χ1) is 16.8. The summed E-state index contributed by atoms with van der Waals surface area (Å²) in [6.07, 6.45) is 0.833. The van der Waals surface area contributed by atoms with E-state index in [-0.39, 0.29) is 22.9 Å². The number of fused-ring (bicyclic) bond motifs is 1. The third-order valence-corrected chi connectivity index (χ3v) is 6.38. The number of pyridine rings is 1. The van der Waals surface area contributed by atoms with Crippen LogP contribution in [0.5, 0.6) is 5.75 Å². The zero-order valence-electron chi connectivity index (χ0n) is 19.0. The lowest BCUT2D eigenvalue weighted by molar-refractivity contribution is -0.134. The van der Waals surface area contributed by atoms with Crippen LogP contribution >= 0.6 is 39.1 Å². The van der Waals surface area contributed by atoms with Crippen molar-refractivity contribution in [3.05, 3.63) is 86.3 Å². The maximum atomic E-state index is 13.7. The Morgan fingerprint density at radius 3 is 2.51 bits per heavy atom. The Labute approximate surface area is 221 Å². The van der Waals surface area contributed by atoms with Gasteiger partial charge < -0.3 is 10.1 Å². The molecule has 8 heteroatoms. The molecule has 0 aliphatic rings. The third-order valence-electron chi connectivity index (χ3n) is 5.39. The lowest BCUT2D eigenvalue weighted by atomic mass is 9.97. The summed E-state index contributed by atoms with van der Waals surface area (Å²) in [5, 5.41) is 3.95. The Morgan fingerprint density at radius 2 is 1.80 bits per heavy atom. The average Bonchev–Trinajstić information content (AvgIpc) is 2.81. The number of aromatic nitrogens is 1. The predicted molar refractivity (Wildman–Crippen MR) is 145 cm³/mol. The van der Waals surface area contributed by atoms with Crippen LogP contribution in [0.3, 0.4) is 0 Å². The summed E-state index contributed by atoms with van der Waals surface area (Å²) in [6, 6.07) is 18.2. The van der Waals surface area contributed by atoms with Crippen molar-refractivity contribution in [1.29, 1.82) is 0 Å². The fraction of sp³-hybridized carbons (Fsp3) is 0.148. The molecule has 3 aromatic carbocycles. The molecule has 5 nitrogen and oxygen atoms in total. The second-order valence-corrected chi connectivity index (χ2v) is 9.69. The molecule has 1 aromatic heterocycles. The van der Waals surface area contributed by atoms with Crippen molar-refractivity contribution in [3.8, 4) is 17.0 Å². The number of carbonyl (C=O) groups is 2. The third kappa shape index (κ3) is 5.50. The SMILES string of the molecule is CCCC(=O)Oc1c(Cl)cc(Cl)cc1NC(=O)c1c(C)c(-c2ccccc2)nc2ccc(Br)cc12. The molecule has 0 unspecified atom stereocenters. The number of hydrogen-bond donors (Lipinski definition) is 1. The number of carbonyl (C=O) groups excluding carboxylic acids is 2. The maximum absolute atomic E-state index is 13.7. The van der Waals surface area contributed by atoms with Gasteiger partial charge in [0.2, 0.25) is 0 Å². The fourth-order valence-corrected chi connectivity index (χ4v) is 4.70. The molecule has 1 N–H and O–H groups in total. The van der Waals surface area contributed by atoms with Gasteiger partial charge in [0.15, 0.2) is 5.75 Å². The van der Waals surface area contributed by atoms with E-state index >= 15 is 0 Å². The van der Waals surface area contributed by atoms with Gasteiger partial charge in [-0.3, -0.25) is 9.59 Å². The highest BCUT2D eigenvalue weighted by molar-refractivity contribution is 9.10. The molecule has 0 radical (unpaired) electrons. The lowest BCUT2D eigenvalue weighted by Crippen LogP contribution is -2.17. The van der Waals surface area contributed by atoms with E-state index in [9.17, 15) is 9.59 Å². The molecule has 1 amide bonds. The lowest BCUT2D eigenvalue weighted by Gasteiger charge is -2.17. The number of esters is 1. The quantitative estimate of drug-likeness (QED) is 0.187. The second-order valence-electron chi connectivity index (χ2n) is 7.93. The molecular weight excluding hydrogens is 551 g/mol. The van der Waals surface area contributed by atoms with Gasteiger partial charge in [-0.15, -0.1) is 0 Å². The van der Waals surface area contributed by atoms with Crippen LogP contribution in [0.25, 0.3) is 22.2 Å². The molecule has 0 spiro atoms. The molecule has 35 heavy (non-hydrogen) atoms. The van der Waals surface area contributed by atoms with Crippen LogP contribution in [0.4, 0.5) is 5.69 Å². The molecule has 0 saturated carbocycles. The summed E-state index contributed by atoms with van der Waals surface area (Å²) < 4.78 is 6.29. The number of halogens is 3. The van der Waals surface area contributed by atoms with E-state index in [1.165, 1.54) is 12.1 Å².